The molecule has 3 aromatic rings. The highest BCUT2D eigenvalue weighted by Gasteiger charge is 2.36. The Morgan fingerprint density at radius 2 is 1.49 bits per heavy atom. The largest absolute Gasteiger partial charge is 0.497 e. The topological polar surface area (TPSA) is 143 Å². The molecular weight excluding hydrogens is 624 g/mol. The van der Waals surface area contributed by atoms with Crippen LogP contribution in [0.15, 0.2) is 71.6 Å². The van der Waals surface area contributed by atoms with Crippen LogP contribution in [-0.4, -0.2) is 79.2 Å². The molecule has 1 unspecified atom stereocenters. The summed E-state index contributed by atoms with van der Waals surface area (Å²) in [6, 6.07) is 21.3. The van der Waals surface area contributed by atoms with Gasteiger partial charge in [-0.3, -0.25) is 14.5 Å². The number of carbonyl (C=O) groups excluding carboxylic acids is 2. The number of rotatable bonds is 11. The number of para-hydroxylation sites is 1. The number of ketones is 1. The maximum Gasteiger partial charge on any atom is 0.414 e. The predicted octanol–water partition coefficient (Wildman–Crippen LogP) is 5.77. The van der Waals surface area contributed by atoms with E-state index in [1.807, 2.05) is 65.6 Å². The molecule has 0 radical (unpaired) electrons. The van der Waals surface area contributed by atoms with Gasteiger partial charge >= 0.3 is 11.9 Å². The van der Waals surface area contributed by atoms with Crippen molar-refractivity contribution >= 4 is 41.1 Å². The highest BCUT2D eigenvalue weighted by atomic mass is 32.2. The molecule has 2 aliphatic rings. The van der Waals surface area contributed by atoms with Gasteiger partial charge in [-0.1, -0.05) is 23.9 Å². The Labute approximate surface area is 278 Å². The molecule has 5 rings (SSSR count). The van der Waals surface area contributed by atoms with Crippen molar-refractivity contribution in [3.63, 3.8) is 0 Å². The SMILES string of the molecule is COc1ccc(C(=O)C2CCN(CCCCOc3ccc(OC)cc3C3Sc4ccccc4N3C(C)=O)CC2)cc1.O=C(O)C(=O)O. The smallest absolute Gasteiger partial charge is 0.414 e. The van der Waals surface area contributed by atoms with Gasteiger partial charge in [0.2, 0.25) is 5.91 Å². The Bertz CT molecular complexity index is 1540. The van der Waals surface area contributed by atoms with Crippen LogP contribution >= 0.6 is 11.8 Å². The molecule has 2 aliphatic heterocycles. The summed E-state index contributed by atoms with van der Waals surface area (Å²) in [4.78, 5) is 49.2. The summed E-state index contributed by atoms with van der Waals surface area (Å²) >= 11 is 1.66. The van der Waals surface area contributed by atoms with Crippen LogP contribution in [0.2, 0.25) is 0 Å². The van der Waals surface area contributed by atoms with E-state index in [2.05, 4.69) is 11.0 Å². The number of aliphatic carboxylic acids is 2. The van der Waals surface area contributed by atoms with E-state index in [-0.39, 0.29) is 23.0 Å². The van der Waals surface area contributed by atoms with Crippen LogP contribution in [0.5, 0.6) is 17.2 Å². The van der Waals surface area contributed by atoms with E-state index in [4.69, 9.17) is 34.0 Å². The average molecular weight is 665 g/mol. The zero-order valence-corrected chi connectivity index (χ0v) is 27.5. The predicted molar refractivity (Wildman–Crippen MR) is 178 cm³/mol. The number of benzene rings is 3. The fourth-order valence-corrected chi connectivity index (χ4v) is 6.96. The third-order valence-corrected chi connectivity index (χ3v) is 9.35. The van der Waals surface area contributed by atoms with Gasteiger partial charge in [-0.25, -0.2) is 9.59 Å². The molecule has 0 spiro atoms. The lowest BCUT2D eigenvalue weighted by atomic mass is 9.89. The van der Waals surface area contributed by atoms with Gasteiger partial charge in [-0.2, -0.15) is 0 Å². The summed E-state index contributed by atoms with van der Waals surface area (Å²) < 4.78 is 17.0. The highest BCUT2D eigenvalue weighted by molar-refractivity contribution is 8.00. The van der Waals surface area contributed by atoms with Crippen molar-refractivity contribution in [3.05, 3.63) is 77.9 Å². The average Bonchev–Trinajstić information content (AvgIpc) is 3.48. The third-order valence-electron chi connectivity index (χ3n) is 8.06. The zero-order chi connectivity index (χ0) is 33.9. The summed E-state index contributed by atoms with van der Waals surface area (Å²) in [5, 5.41) is 14.6. The standard InChI is InChI=1S/C33H38N2O5S.C2H2O4/c1-23(36)35-29-8-4-5-9-31(29)41-33(35)28-22-27(39-3)14-15-30(28)40-21-7-6-18-34-19-16-25(17-20-34)32(37)24-10-12-26(38-2)13-11-24;3-1(4)2(5)6/h4-5,8-15,22,25,33H,6-7,16-21H2,1-3H3;(H,3,4)(H,5,6). The molecule has 0 aromatic heterocycles. The Morgan fingerprint density at radius 1 is 0.851 bits per heavy atom. The maximum absolute atomic E-state index is 12.9. The van der Waals surface area contributed by atoms with Gasteiger partial charge in [0.05, 0.1) is 26.5 Å². The number of Topliss-reactive ketones (excluding diaryl/α,β-unsaturated/α-hetero) is 1. The maximum atomic E-state index is 12.9. The normalized spacial score (nSPS) is 16.0. The zero-order valence-electron chi connectivity index (χ0n) is 26.7. The van der Waals surface area contributed by atoms with Crippen LogP contribution in [0, 0.1) is 5.92 Å². The molecule has 2 heterocycles. The van der Waals surface area contributed by atoms with Gasteiger partial charge in [0, 0.05) is 28.9 Å². The second-order valence-electron chi connectivity index (χ2n) is 11.1. The first-order valence-electron chi connectivity index (χ1n) is 15.4. The van der Waals surface area contributed by atoms with Gasteiger partial charge in [-0.05, 0) is 99.9 Å². The van der Waals surface area contributed by atoms with Crippen molar-refractivity contribution < 1.29 is 43.6 Å². The molecule has 3 aromatic carbocycles. The minimum atomic E-state index is -1.82. The van der Waals surface area contributed by atoms with Crippen molar-refractivity contribution in [2.75, 3.05) is 45.4 Å². The van der Waals surface area contributed by atoms with Crippen LogP contribution in [-0.2, 0) is 14.4 Å². The number of hydrogen-bond acceptors (Lipinski definition) is 9. The number of fused-ring (bicyclic) bond motifs is 1. The van der Waals surface area contributed by atoms with Crippen LogP contribution in [0.3, 0.4) is 0 Å². The number of amides is 1. The lowest BCUT2D eigenvalue weighted by molar-refractivity contribution is -0.159. The Morgan fingerprint density at radius 3 is 2.11 bits per heavy atom. The monoisotopic (exact) mass is 664 g/mol. The number of ether oxygens (including phenoxy) is 3. The molecule has 1 fully saturated rings. The van der Waals surface area contributed by atoms with E-state index in [0.29, 0.717) is 6.61 Å². The molecule has 12 heteroatoms. The first kappa shape index (κ1) is 35.3. The lowest BCUT2D eigenvalue weighted by Crippen LogP contribution is -2.37. The molecule has 47 heavy (non-hydrogen) atoms. The van der Waals surface area contributed by atoms with Gasteiger partial charge in [-0.15, -0.1) is 0 Å². The second-order valence-corrected chi connectivity index (χ2v) is 12.2. The highest BCUT2D eigenvalue weighted by Crippen LogP contribution is 2.53. The molecular formula is C35H40N2O9S. The summed E-state index contributed by atoms with van der Waals surface area (Å²) in [5.41, 5.74) is 2.63. The molecule has 1 atom stereocenters. The second kappa shape index (κ2) is 16.8. The molecule has 11 nitrogen and oxygen atoms in total. The van der Waals surface area contributed by atoms with Gasteiger partial charge < -0.3 is 29.3 Å². The van der Waals surface area contributed by atoms with Crippen molar-refractivity contribution in [3.8, 4) is 17.2 Å². The van der Waals surface area contributed by atoms with Crippen LogP contribution < -0.4 is 19.1 Å². The number of carboxylic acids is 2. The van der Waals surface area contributed by atoms with E-state index in [9.17, 15) is 9.59 Å². The van der Waals surface area contributed by atoms with Gasteiger partial charge in [0.1, 0.15) is 22.6 Å². The number of carbonyl (C=O) groups is 4. The number of anilines is 1. The van der Waals surface area contributed by atoms with Crippen LogP contribution in [0.4, 0.5) is 5.69 Å². The summed E-state index contributed by atoms with van der Waals surface area (Å²) in [5.74, 6) is -1.04. The fraction of sp³-hybridized carbons (Fsp3) is 0.371. The molecule has 2 N–H and O–H groups in total. The quantitative estimate of drug-likeness (QED) is 0.147. The Kier molecular flexibility index (Phi) is 12.7. The molecule has 1 saturated heterocycles. The first-order chi connectivity index (χ1) is 22.6. The van der Waals surface area contributed by atoms with Gasteiger partial charge in [0.25, 0.3) is 0 Å². The third kappa shape index (κ3) is 9.26. The number of methoxy groups -OCH3 is 2. The van der Waals surface area contributed by atoms with Crippen molar-refractivity contribution in [1.82, 2.24) is 4.90 Å². The molecule has 250 valence electrons. The van der Waals surface area contributed by atoms with Crippen LogP contribution in [0.25, 0.3) is 0 Å². The van der Waals surface area contributed by atoms with E-state index in [1.54, 1.807) is 32.9 Å². The molecule has 0 bridgehead atoms. The van der Waals surface area contributed by atoms with Crippen molar-refractivity contribution in [2.45, 2.75) is 42.9 Å². The molecule has 0 aliphatic carbocycles. The van der Waals surface area contributed by atoms with E-state index >= 15 is 0 Å². The molecule has 0 saturated carbocycles. The number of hydrogen-bond donors (Lipinski definition) is 2. The van der Waals surface area contributed by atoms with E-state index < -0.39 is 11.9 Å². The summed E-state index contributed by atoms with van der Waals surface area (Å²) in [6.07, 6.45) is 3.73. The number of nitrogens with zero attached hydrogens (tertiary/aromatic N) is 2. The minimum Gasteiger partial charge on any atom is -0.497 e. The van der Waals surface area contributed by atoms with Gasteiger partial charge in [0.15, 0.2) is 5.78 Å². The van der Waals surface area contributed by atoms with Crippen molar-refractivity contribution in [2.24, 2.45) is 5.92 Å². The van der Waals surface area contributed by atoms with Crippen LogP contribution in [0.1, 0.15) is 53.9 Å². The fourth-order valence-electron chi connectivity index (χ4n) is 5.60. The summed E-state index contributed by atoms with van der Waals surface area (Å²) in [7, 11) is 3.28. The summed E-state index contributed by atoms with van der Waals surface area (Å²) in [6.45, 7) is 5.07. The first-order valence-corrected chi connectivity index (χ1v) is 16.2. The number of carboxylic acid groups (broad SMARTS) is 2. The van der Waals surface area contributed by atoms with E-state index in [0.717, 1.165) is 84.3 Å². The number of likely N-dealkylation sites (tertiary alicyclic amines) is 1. The number of thioether (sulfide) groups is 1. The Hall–Kier alpha value is -4.55. The van der Waals surface area contributed by atoms with E-state index in [1.165, 1.54) is 0 Å². The lowest BCUT2D eigenvalue weighted by Gasteiger charge is -2.31. The number of piperidine rings is 1. The Balaban J connectivity index is 0.000000762. The molecule has 1 amide bonds. The van der Waals surface area contributed by atoms with Crippen molar-refractivity contribution in [1.29, 1.82) is 0 Å². The minimum absolute atomic E-state index is 0.00399. The number of unbranched alkanes of at least 4 members (excludes halogenated alkanes) is 1.